The summed E-state index contributed by atoms with van der Waals surface area (Å²) in [6.45, 7) is 2.90. The number of hydrogen-bond acceptors (Lipinski definition) is 2. The fourth-order valence-electron chi connectivity index (χ4n) is 4.99. The highest BCUT2D eigenvalue weighted by atomic mass is 35.5. The molecule has 0 saturated heterocycles. The molecular weight excluding hydrogens is 412 g/mol. The summed E-state index contributed by atoms with van der Waals surface area (Å²) >= 11 is 6.19. The molecule has 0 N–H and O–H groups in total. The predicted molar refractivity (Wildman–Crippen MR) is 134 cm³/mol. The van der Waals surface area contributed by atoms with Crippen molar-refractivity contribution < 1.29 is 0 Å². The SMILES string of the molecule is Clc1ccc(-c2nc3ccc4ccccc4c3c3c2CN(Cc2ccccc2)CC3)cc1. The number of fused-ring (bicyclic) bond motifs is 5. The molecular formula is C29H23ClN2. The Morgan fingerprint density at radius 3 is 2.41 bits per heavy atom. The number of nitrogens with zero attached hydrogens (tertiary/aromatic N) is 2. The van der Waals surface area contributed by atoms with E-state index in [9.17, 15) is 0 Å². The minimum absolute atomic E-state index is 0.750. The highest BCUT2D eigenvalue weighted by Gasteiger charge is 2.24. The van der Waals surface area contributed by atoms with Crippen LogP contribution >= 0.6 is 11.6 Å². The minimum Gasteiger partial charge on any atom is -0.294 e. The van der Waals surface area contributed by atoms with Crippen LogP contribution in [0.25, 0.3) is 32.9 Å². The first kappa shape index (κ1) is 19.5. The molecule has 1 aromatic heterocycles. The van der Waals surface area contributed by atoms with Crippen molar-refractivity contribution in [3.05, 3.63) is 113 Å². The Balaban J connectivity index is 1.54. The molecule has 0 amide bonds. The van der Waals surface area contributed by atoms with E-state index < -0.39 is 0 Å². The Morgan fingerprint density at radius 1 is 0.781 bits per heavy atom. The van der Waals surface area contributed by atoms with Crippen LogP contribution in [0.15, 0.2) is 91.0 Å². The average Bonchev–Trinajstić information content (AvgIpc) is 2.84. The van der Waals surface area contributed by atoms with Gasteiger partial charge in [0, 0.05) is 35.6 Å². The van der Waals surface area contributed by atoms with E-state index in [1.807, 2.05) is 12.1 Å². The van der Waals surface area contributed by atoms with Gasteiger partial charge >= 0.3 is 0 Å². The van der Waals surface area contributed by atoms with Crippen LogP contribution in [-0.4, -0.2) is 16.4 Å². The molecule has 156 valence electrons. The van der Waals surface area contributed by atoms with Gasteiger partial charge < -0.3 is 0 Å². The van der Waals surface area contributed by atoms with Crippen LogP contribution in [0.1, 0.15) is 16.7 Å². The van der Waals surface area contributed by atoms with Gasteiger partial charge in [-0.05, 0) is 52.1 Å². The van der Waals surface area contributed by atoms with Gasteiger partial charge in [0.2, 0.25) is 0 Å². The molecule has 0 spiro atoms. The van der Waals surface area contributed by atoms with Crippen molar-refractivity contribution in [2.24, 2.45) is 0 Å². The molecule has 0 aliphatic carbocycles. The van der Waals surface area contributed by atoms with Crippen LogP contribution in [0.5, 0.6) is 0 Å². The van der Waals surface area contributed by atoms with Crippen LogP contribution in [0.4, 0.5) is 0 Å². The van der Waals surface area contributed by atoms with Crippen molar-refractivity contribution in [3.63, 3.8) is 0 Å². The van der Waals surface area contributed by atoms with Crippen LogP contribution in [0.2, 0.25) is 5.02 Å². The van der Waals surface area contributed by atoms with Gasteiger partial charge in [-0.2, -0.15) is 0 Å². The highest BCUT2D eigenvalue weighted by molar-refractivity contribution is 6.30. The van der Waals surface area contributed by atoms with Gasteiger partial charge in [-0.25, -0.2) is 4.98 Å². The lowest BCUT2D eigenvalue weighted by molar-refractivity contribution is 0.246. The van der Waals surface area contributed by atoms with Crippen LogP contribution in [0.3, 0.4) is 0 Å². The molecule has 4 aromatic carbocycles. The summed E-state index contributed by atoms with van der Waals surface area (Å²) < 4.78 is 0. The zero-order chi connectivity index (χ0) is 21.5. The van der Waals surface area contributed by atoms with Crippen LogP contribution in [-0.2, 0) is 19.5 Å². The molecule has 0 bridgehead atoms. The number of hydrogen-bond donors (Lipinski definition) is 0. The topological polar surface area (TPSA) is 16.1 Å². The molecule has 1 aliphatic rings. The Hall–Kier alpha value is -3.20. The maximum atomic E-state index is 6.19. The fraction of sp³-hybridized carbons (Fsp3) is 0.138. The lowest BCUT2D eigenvalue weighted by Gasteiger charge is -2.31. The van der Waals surface area contributed by atoms with E-state index in [1.165, 1.54) is 32.8 Å². The number of rotatable bonds is 3. The van der Waals surface area contributed by atoms with E-state index in [0.717, 1.165) is 47.9 Å². The van der Waals surface area contributed by atoms with Crippen molar-refractivity contribution in [1.82, 2.24) is 9.88 Å². The quantitative estimate of drug-likeness (QED) is 0.277. The molecule has 0 saturated carbocycles. The van der Waals surface area contributed by atoms with Crippen molar-refractivity contribution in [3.8, 4) is 11.3 Å². The predicted octanol–water partition coefficient (Wildman–Crippen LogP) is 7.27. The van der Waals surface area contributed by atoms with Gasteiger partial charge in [-0.3, -0.25) is 4.90 Å². The maximum Gasteiger partial charge on any atom is 0.0757 e. The number of aromatic nitrogens is 1. The second-order valence-electron chi connectivity index (χ2n) is 8.55. The van der Waals surface area contributed by atoms with Crippen molar-refractivity contribution >= 4 is 33.3 Å². The number of halogens is 1. The summed E-state index contributed by atoms with van der Waals surface area (Å²) in [6, 6.07) is 31.9. The molecule has 6 rings (SSSR count). The van der Waals surface area contributed by atoms with E-state index in [4.69, 9.17) is 16.6 Å². The first-order chi connectivity index (χ1) is 15.8. The van der Waals surface area contributed by atoms with Gasteiger partial charge in [-0.1, -0.05) is 84.4 Å². The average molecular weight is 435 g/mol. The zero-order valence-corrected chi connectivity index (χ0v) is 18.5. The number of pyridine rings is 1. The third-order valence-corrected chi connectivity index (χ3v) is 6.77. The zero-order valence-electron chi connectivity index (χ0n) is 17.8. The Labute approximate surface area is 193 Å². The van der Waals surface area contributed by atoms with Crippen LogP contribution < -0.4 is 0 Å². The van der Waals surface area contributed by atoms with E-state index in [-0.39, 0.29) is 0 Å². The Bertz CT molecular complexity index is 1430. The smallest absolute Gasteiger partial charge is 0.0757 e. The molecule has 1 aliphatic heterocycles. The summed E-state index contributed by atoms with van der Waals surface area (Å²) in [5.41, 5.74) is 7.42. The Kier molecular flexibility index (Phi) is 4.90. The standard InChI is InChI=1S/C29H23ClN2/c30-23-13-10-22(11-14-23)29-26-19-32(18-20-6-2-1-3-7-20)17-16-25(26)28-24-9-5-4-8-21(24)12-15-27(28)31-29/h1-15H,16-19H2. The normalized spacial score (nSPS) is 14.0. The van der Waals surface area contributed by atoms with Crippen molar-refractivity contribution in [2.75, 3.05) is 6.54 Å². The summed E-state index contributed by atoms with van der Waals surface area (Å²) in [6.07, 6.45) is 1.02. The summed E-state index contributed by atoms with van der Waals surface area (Å²) in [5.74, 6) is 0. The Morgan fingerprint density at radius 2 is 1.56 bits per heavy atom. The molecule has 3 heteroatoms. The van der Waals surface area contributed by atoms with Crippen LogP contribution in [0, 0.1) is 0 Å². The third kappa shape index (κ3) is 3.46. The molecule has 0 atom stereocenters. The van der Waals surface area contributed by atoms with Gasteiger partial charge in [0.25, 0.3) is 0 Å². The summed E-state index contributed by atoms with van der Waals surface area (Å²) in [4.78, 5) is 7.75. The molecule has 2 heterocycles. The van der Waals surface area contributed by atoms with Gasteiger partial charge in [0.1, 0.15) is 0 Å². The van der Waals surface area contributed by atoms with E-state index in [1.54, 1.807) is 0 Å². The van der Waals surface area contributed by atoms with Gasteiger partial charge in [0.15, 0.2) is 0 Å². The molecule has 2 nitrogen and oxygen atoms in total. The summed E-state index contributed by atoms with van der Waals surface area (Å²) in [5, 5.41) is 4.64. The molecule has 0 unspecified atom stereocenters. The monoisotopic (exact) mass is 434 g/mol. The molecule has 0 fully saturated rings. The van der Waals surface area contributed by atoms with Crippen molar-refractivity contribution in [1.29, 1.82) is 0 Å². The first-order valence-electron chi connectivity index (χ1n) is 11.1. The van der Waals surface area contributed by atoms with E-state index in [2.05, 4.69) is 83.8 Å². The van der Waals surface area contributed by atoms with Gasteiger partial charge in [0.05, 0.1) is 11.2 Å². The fourth-order valence-corrected chi connectivity index (χ4v) is 5.12. The maximum absolute atomic E-state index is 6.19. The van der Waals surface area contributed by atoms with E-state index >= 15 is 0 Å². The lowest BCUT2D eigenvalue weighted by Crippen LogP contribution is -2.31. The third-order valence-electron chi connectivity index (χ3n) is 6.52. The molecule has 32 heavy (non-hydrogen) atoms. The second-order valence-corrected chi connectivity index (χ2v) is 8.99. The minimum atomic E-state index is 0.750. The van der Waals surface area contributed by atoms with Crippen molar-refractivity contribution in [2.45, 2.75) is 19.5 Å². The highest BCUT2D eigenvalue weighted by Crippen LogP contribution is 2.37. The van der Waals surface area contributed by atoms with Gasteiger partial charge in [-0.15, -0.1) is 0 Å². The number of benzene rings is 4. The first-order valence-corrected chi connectivity index (χ1v) is 11.5. The summed E-state index contributed by atoms with van der Waals surface area (Å²) in [7, 11) is 0. The molecule has 5 aromatic rings. The largest absolute Gasteiger partial charge is 0.294 e. The second kappa shape index (κ2) is 8.05. The molecule has 0 radical (unpaired) electrons. The van der Waals surface area contributed by atoms with E-state index in [0.29, 0.717) is 0 Å². The lowest BCUT2D eigenvalue weighted by atomic mass is 9.89.